The molecule has 2 rings (SSSR count). The van der Waals surface area contributed by atoms with E-state index in [9.17, 15) is 4.79 Å². The second kappa shape index (κ2) is 8.57. The summed E-state index contributed by atoms with van der Waals surface area (Å²) in [5, 5.41) is 4.65. The summed E-state index contributed by atoms with van der Waals surface area (Å²) in [5.74, 6) is 0.813. The van der Waals surface area contributed by atoms with Crippen molar-refractivity contribution >= 4 is 35.3 Å². The number of hydrogen-bond acceptors (Lipinski definition) is 4. The molecule has 5 nitrogen and oxygen atoms in total. The Morgan fingerprint density at radius 2 is 2.00 bits per heavy atom. The molecular formula is C17H16Cl2N2O3. The van der Waals surface area contributed by atoms with Crippen molar-refractivity contribution in [3.63, 3.8) is 0 Å². The van der Waals surface area contributed by atoms with Crippen molar-refractivity contribution in [3.05, 3.63) is 57.6 Å². The Balaban J connectivity index is 2.08. The van der Waals surface area contributed by atoms with Crippen LogP contribution in [-0.2, 0) is 0 Å². The van der Waals surface area contributed by atoms with Gasteiger partial charge in [-0.1, -0.05) is 23.2 Å². The normalized spacial score (nSPS) is 10.7. The SMILES string of the molecule is CCOc1cc(/C=N\NC(=O)c2ccc(Cl)cc2Cl)ccc1OC. The average molecular weight is 367 g/mol. The lowest BCUT2D eigenvalue weighted by molar-refractivity contribution is 0.0955. The molecule has 1 N–H and O–H groups in total. The van der Waals surface area contributed by atoms with Crippen molar-refractivity contribution in [2.24, 2.45) is 5.10 Å². The highest BCUT2D eigenvalue weighted by atomic mass is 35.5. The molecular weight excluding hydrogens is 351 g/mol. The zero-order chi connectivity index (χ0) is 17.5. The Labute approximate surface area is 150 Å². The number of nitrogens with zero attached hydrogens (tertiary/aromatic N) is 1. The monoisotopic (exact) mass is 366 g/mol. The Kier molecular flexibility index (Phi) is 6.46. The molecule has 0 bridgehead atoms. The van der Waals surface area contributed by atoms with Gasteiger partial charge in [-0.15, -0.1) is 0 Å². The summed E-state index contributed by atoms with van der Waals surface area (Å²) in [5.41, 5.74) is 3.46. The fourth-order valence-corrected chi connectivity index (χ4v) is 2.44. The Morgan fingerprint density at radius 1 is 1.21 bits per heavy atom. The first-order chi connectivity index (χ1) is 11.5. The molecule has 0 radical (unpaired) electrons. The van der Waals surface area contributed by atoms with E-state index >= 15 is 0 Å². The molecule has 0 fully saturated rings. The maximum atomic E-state index is 12.0. The van der Waals surface area contributed by atoms with Crippen LogP contribution in [0.1, 0.15) is 22.8 Å². The van der Waals surface area contributed by atoms with Crippen molar-refractivity contribution in [2.45, 2.75) is 6.92 Å². The number of methoxy groups -OCH3 is 1. The third-order valence-corrected chi connectivity index (χ3v) is 3.59. The number of hydrazone groups is 1. The van der Waals surface area contributed by atoms with Crippen LogP contribution in [0.5, 0.6) is 11.5 Å². The minimum absolute atomic E-state index is 0.262. The van der Waals surface area contributed by atoms with E-state index in [1.54, 1.807) is 31.4 Å². The summed E-state index contributed by atoms with van der Waals surface area (Å²) in [4.78, 5) is 12.0. The lowest BCUT2D eigenvalue weighted by atomic mass is 10.2. The number of nitrogens with one attached hydrogen (secondary N) is 1. The molecule has 0 saturated heterocycles. The van der Waals surface area contributed by atoms with Gasteiger partial charge >= 0.3 is 0 Å². The highest BCUT2D eigenvalue weighted by Gasteiger charge is 2.09. The maximum absolute atomic E-state index is 12.0. The van der Waals surface area contributed by atoms with Crippen molar-refractivity contribution in [1.29, 1.82) is 0 Å². The summed E-state index contributed by atoms with van der Waals surface area (Å²) in [7, 11) is 1.57. The number of benzene rings is 2. The highest BCUT2D eigenvalue weighted by molar-refractivity contribution is 6.36. The van der Waals surface area contributed by atoms with Gasteiger partial charge < -0.3 is 9.47 Å². The van der Waals surface area contributed by atoms with Gasteiger partial charge in [-0.25, -0.2) is 5.43 Å². The van der Waals surface area contributed by atoms with E-state index in [2.05, 4.69) is 10.5 Å². The van der Waals surface area contributed by atoms with Gasteiger partial charge in [0.25, 0.3) is 5.91 Å². The van der Waals surface area contributed by atoms with Crippen molar-refractivity contribution in [1.82, 2.24) is 5.43 Å². The summed E-state index contributed by atoms with van der Waals surface area (Å²) in [6.45, 7) is 2.40. The first-order valence-corrected chi connectivity index (χ1v) is 7.90. The summed E-state index contributed by atoms with van der Waals surface area (Å²) < 4.78 is 10.7. The molecule has 0 aliphatic carbocycles. The fraction of sp³-hybridized carbons (Fsp3) is 0.176. The number of carbonyl (C=O) groups is 1. The number of ether oxygens (including phenoxy) is 2. The number of carbonyl (C=O) groups excluding carboxylic acids is 1. The van der Waals surface area contributed by atoms with E-state index < -0.39 is 5.91 Å². The smallest absolute Gasteiger partial charge is 0.272 e. The largest absolute Gasteiger partial charge is 0.493 e. The topological polar surface area (TPSA) is 59.9 Å². The van der Waals surface area contributed by atoms with Gasteiger partial charge in [0.2, 0.25) is 0 Å². The summed E-state index contributed by atoms with van der Waals surface area (Å²) in [6.07, 6.45) is 1.50. The van der Waals surface area contributed by atoms with Gasteiger partial charge in [0.1, 0.15) is 0 Å². The van der Waals surface area contributed by atoms with E-state index in [1.165, 1.54) is 18.3 Å². The average Bonchev–Trinajstić information content (AvgIpc) is 2.55. The molecule has 2 aromatic rings. The quantitative estimate of drug-likeness (QED) is 0.616. The zero-order valence-electron chi connectivity index (χ0n) is 13.2. The van der Waals surface area contributed by atoms with Crippen molar-refractivity contribution in [2.75, 3.05) is 13.7 Å². The van der Waals surface area contributed by atoms with Crippen LogP contribution in [0.3, 0.4) is 0 Å². The van der Waals surface area contributed by atoms with Gasteiger partial charge in [-0.2, -0.15) is 5.10 Å². The van der Waals surface area contributed by atoms with E-state index in [4.69, 9.17) is 32.7 Å². The molecule has 1 amide bonds. The van der Waals surface area contributed by atoms with Gasteiger partial charge in [0, 0.05) is 5.02 Å². The van der Waals surface area contributed by atoms with E-state index in [-0.39, 0.29) is 5.02 Å². The predicted octanol–water partition coefficient (Wildman–Crippen LogP) is 4.16. The Hall–Kier alpha value is -2.24. The first kappa shape index (κ1) is 18.1. The Bertz CT molecular complexity index is 763. The van der Waals surface area contributed by atoms with Crippen LogP contribution in [-0.4, -0.2) is 25.8 Å². The molecule has 0 aromatic heterocycles. The van der Waals surface area contributed by atoms with E-state index in [0.717, 1.165) is 5.56 Å². The molecule has 0 spiro atoms. The number of halogens is 2. The minimum Gasteiger partial charge on any atom is -0.493 e. The zero-order valence-corrected chi connectivity index (χ0v) is 14.7. The van der Waals surface area contributed by atoms with Crippen LogP contribution >= 0.6 is 23.2 Å². The maximum Gasteiger partial charge on any atom is 0.272 e. The van der Waals surface area contributed by atoms with E-state index in [1.807, 2.05) is 6.92 Å². The second-order valence-corrected chi connectivity index (χ2v) is 5.51. The molecule has 0 aliphatic rings. The van der Waals surface area contributed by atoms with Gasteiger partial charge in [-0.3, -0.25) is 4.79 Å². The van der Waals surface area contributed by atoms with Crippen LogP contribution in [0, 0.1) is 0 Å². The molecule has 0 unspecified atom stereocenters. The van der Waals surface area contributed by atoms with Crippen LogP contribution in [0.25, 0.3) is 0 Å². The van der Waals surface area contributed by atoms with Gasteiger partial charge in [0.05, 0.1) is 30.5 Å². The Morgan fingerprint density at radius 3 is 2.67 bits per heavy atom. The summed E-state index contributed by atoms with van der Waals surface area (Å²) in [6, 6.07) is 9.96. The standard InChI is InChI=1S/C17H16Cl2N2O3/c1-3-24-16-8-11(4-7-15(16)23-2)10-20-21-17(22)13-6-5-12(18)9-14(13)19/h4-10H,3H2,1-2H3,(H,21,22)/b20-10-. The molecule has 126 valence electrons. The lowest BCUT2D eigenvalue weighted by Gasteiger charge is -2.09. The van der Waals surface area contributed by atoms with Crippen LogP contribution < -0.4 is 14.9 Å². The third-order valence-electron chi connectivity index (χ3n) is 3.04. The molecule has 0 saturated carbocycles. The van der Waals surface area contributed by atoms with E-state index in [0.29, 0.717) is 28.7 Å². The minimum atomic E-state index is -0.425. The molecule has 24 heavy (non-hydrogen) atoms. The number of amides is 1. The number of hydrogen-bond donors (Lipinski definition) is 1. The lowest BCUT2D eigenvalue weighted by Crippen LogP contribution is -2.18. The molecule has 2 aromatic carbocycles. The molecule has 0 atom stereocenters. The van der Waals surface area contributed by atoms with Crippen LogP contribution in [0.2, 0.25) is 10.0 Å². The molecule has 0 aliphatic heterocycles. The first-order valence-electron chi connectivity index (χ1n) is 7.14. The summed E-state index contributed by atoms with van der Waals surface area (Å²) >= 11 is 11.8. The van der Waals surface area contributed by atoms with Gasteiger partial charge in [0.15, 0.2) is 11.5 Å². The second-order valence-electron chi connectivity index (χ2n) is 4.67. The highest BCUT2D eigenvalue weighted by Crippen LogP contribution is 2.27. The molecule has 0 heterocycles. The molecule has 7 heteroatoms. The van der Waals surface area contributed by atoms with Crippen LogP contribution in [0.4, 0.5) is 0 Å². The third kappa shape index (κ3) is 4.63. The van der Waals surface area contributed by atoms with Crippen molar-refractivity contribution in [3.8, 4) is 11.5 Å². The van der Waals surface area contributed by atoms with Gasteiger partial charge in [-0.05, 0) is 48.9 Å². The number of rotatable bonds is 6. The fourth-order valence-electron chi connectivity index (χ4n) is 1.94. The van der Waals surface area contributed by atoms with Crippen molar-refractivity contribution < 1.29 is 14.3 Å². The van der Waals surface area contributed by atoms with Crippen LogP contribution in [0.15, 0.2) is 41.5 Å². The predicted molar refractivity (Wildman–Crippen MR) is 95.7 cm³/mol.